The van der Waals surface area contributed by atoms with Gasteiger partial charge in [-0.3, -0.25) is 4.55 Å². The van der Waals surface area contributed by atoms with Gasteiger partial charge in [-0.25, -0.2) is 4.79 Å². The molecular weight excluding hydrogens is 204 g/mol. The van der Waals surface area contributed by atoms with Crippen molar-refractivity contribution in [1.29, 1.82) is 0 Å². The van der Waals surface area contributed by atoms with Gasteiger partial charge in [0, 0.05) is 6.61 Å². The number of hydrogen-bond acceptors (Lipinski definition) is 5. The van der Waals surface area contributed by atoms with Gasteiger partial charge in [0.25, 0.3) is 10.1 Å². The van der Waals surface area contributed by atoms with E-state index in [1.807, 2.05) is 0 Å². The molecule has 0 aromatic heterocycles. The van der Waals surface area contributed by atoms with Crippen LogP contribution < -0.4 is 0 Å². The fourth-order valence-electron chi connectivity index (χ4n) is 0.478. The first kappa shape index (κ1) is 14.8. The van der Waals surface area contributed by atoms with Crippen molar-refractivity contribution >= 4 is 16.6 Å². The van der Waals surface area contributed by atoms with Crippen LogP contribution in [-0.2, 0) is 14.9 Å². The van der Waals surface area contributed by atoms with Crippen LogP contribution in [0.5, 0.6) is 0 Å². The van der Waals surface area contributed by atoms with Crippen molar-refractivity contribution in [3.63, 3.8) is 0 Å². The van der Waals surface area contributed by atoms with Gasteiger partial charge in [-0.15, -0.1) is 0 Å². The molecule has 8 heteroatoms. The van der Waals surface area contributed by atoms with Gasteiger partial charge in [0.2, 0.25) is 0 Å². The molecule has 0 aliphatic rings. The minimum Gasteiger partial charge on any atom is -0.473 e. The van der Waals surface area contributed by atoms with E-state index in [-0.39, 0.29) is 13.0 Å². The van der Waals surface area contributed by atoms with Crippen molar-refractivity contribution in [2.45, 2.75) is 11.7 Å². The Morgan fingerprint density at radius 2 is 1.69 bits per heavy atom. The average Bonchev–Trinajstić information content (AvgIpc) is 1.99. The highest BCUT2D eigenvalue weighted by Crippen LogP contribution is 2.01. The van der Waals surface area contributed by atoms with Gasteiger partial charge in [0.05, 0.1) is 6.61 Å². The van der Waals surface area contributed by atoms with Crippen molar-refractivity contribution in [3.05, 3.63) is 0 Å². The molecule has 0 amide bonds. The van der Waals surface area contributed by atoms with Gasteiger partial charge in [-0.05, 0) is 6.42 Å². The Morgan fingerprint density at radius 3 is 1.77 bits per heavy atom. The summed E-state index contributed by atoms with van der Waals surface area (Å²) < 4.78 is 28.8. The molecule has 0 aromatic carbocycles. The van der Waals surface area contributed by atoms with Gasteiger partial charge in [0.15, 0.2) is 0 Å². The molecular formula is C5H11O7S. The van der Waals surface area contributed by atoms with Crippen LogP contribution in [0, 0.1) is 0 Å². The largest absolute Gasteiger partial charge is 0.473 e. The van der Waals surface area contributed by atoms with Crippen LogP contribution in [0.15, 0.2) is 0 Å². The van der Waals surface area contributed by atoms with Crippen LogP contribution in [0.2, 0.25) is 0 Å². The molecule has 1 atom stereocenters. The highest BCUT2D eigenvalue weighted by molar-refractivity contribution is 7.86. The maximum atomic E-state index is 10.2. The molecule has 0 saturated heterocycles. The molecule has 0 heterocycles. The van der Waals surface area contributed by atoms with E-state index in [0.717, 1.165) is 0 Å². The minimum absolute atomic E-state index is 0.144. The van der Waals surface area contributed by atoms with E-state index >= 15 is 0 Å². The van der Waals surface area contributed by atoms with Gasteiger partial charge < -0.3 is 15.3 Å². The summed E-state index contributed by atoms with van der Waals surface area (Å²) in [6, 6.07) is 0. The van der Waals surface area contributed by atoms with E-state index in [0.29, 0.717) is 6.47 Å². The zero-order chi connectivity index (χ0) is 10.9. The van der Waals surface area contributed by atoms with Gasteiger partial charge in [0.1, 0.15) is 5.25 Å². The summed E-state index contributed by atoms with van der Waals surface area (Å²) in [5.74, 6) is 0. The monoisotopic (exact) mass is 215 g/mol. The molecule has 0 aliphatic heterocycles. The molecule has 13 heavy (non-hydrogen) atoms. The third-order valence-corrected chi connectivity index (χ3v) is 2.30. The second-order valence-electron chi connectivity index (χ2n) is 1.92. The van der Waals surface area contributed by atoms with Crippen molar-refractivity contribution in [3.8, 4) is 0 Å². The predicted octanol–water partition coefficient (Wildman–Crippen LogP) is -1.77. The quantitative estimate of drug-likeness (QED) is 0.408. The predicted molar refractivity (Wildman–Crippen MR) is 42.4 cm³/mol. The Kier molecular flexibility index (Phi) is 9.02. The smallest absolute Gasteiger partial charge is 0.414 e. The highest BCUT2D eigenvalue weighted by atomic mass is 32.2. The van der Waals surface area contributed by atoms with Crippen LogP contribution in [-0.4, -0.2) is 53.2 Å². The molecule has 0 fully saturated rings. The van der Waals surface area contributed by atoms with Gasteiger partial charge >= 0.3 is 6.47 Å². The zero-order valence-electron chi connectivity index (χ0n) is 6.62. The minimum atomic E-state index is -4.19. The standard InChI is InChI=1S/C4H10O5S.CHO2/c5-2-1-4(3-6)10(7,8)9;2-1-3/h4-6H,1-3H2,(H,7,8,9);(H,2,3). The topological polar surface area (TPSA) is 132 Å². The van der Waals surface area contributed by atoms with Crippen molar-refractivity contribution in [1.82, 2.24) is 0 Å². The van der Waals surface area contributed by atoms with Crippen LogP contribution in [0.3, 0.4) is 0 Å². The summed E-state index contributed by atoms with van der Waals surface area (Å²) in [4.78, 5) is 8.24. The Balaban J connectivity index is 0. The normalized spacial score (nSPS) is 12.5. The van der Waals surface area contributed by atoms with Crippen molar-refractivity contribution < 1.29 is 33.1 Å². The summed E-state index contributed by atoms with van der Waals surface area (Å²) in [5, 5.41) is 22.1. The first-order valence-corrected chi connectivity index (χ1v) is 4.63. The van der Waals surface area contributed by atoms with E-state index in [9.17, 15) is 8.42 Å². The summed E-state index contributed by atoms with van der Waals surface area (Å²) in [5.41, 5.74) is 0. The molecule has 1 radical (unpaired) electrons. The molecule has 7 nitrogen and oxygen atoms in total. The molecule has 0 aliphatic carbocycles. The highest BCUT2D eigenvalue weighted by Gasteiger charge is 2.20. The second-order valence-corrected chi connectivity index (χ2v) is 3.62. The summed E-state index contributed by atoms with van der Waals surface area (Å²) in [6.45, 7) is -0.537. The van der Waals surface area contributed by atoms with E-state index in [4.69, 9.17) is 24.7 Å². The summed E-state index contributed by atoms with van der Waals surface area (Å²) in [7, 11) is -4.19. The van der Waals surface area contributed by atoms with Crippen LogP contribution in [0.25, 0.3) is 0 Å². The van der Waals surface area contributed by atoms with E-state index in [2.05, 4.69) is 0 Å². The lowest BCUT2D eigenvalue weighted by Crippen LogP contribution is -2.25. The lowest BCUT2D eigenvalue weighted by Gasteiger charge is -2.06. The lowest BCUT2D eigenvalue weighted by atomic mass is 10.3. The Bertz CT molecular complexity index is 209. The molecule has 0 bridgehead atoms. The van der Waals surface area contributed by atoms with Crippen molar-refractivity contribution in [2.75, 3.05) is 13.2 Å². The third kappa shape index (κ3) is 9.21. The molecule has 4 N–H and O–H groups in total. The fourth-order valence-corrected chi connectivity index (χ4v) is 1.07. The van der Waals surface area contributed by atoms with Gasteiger partial charge in [-0.1, -0.05) is 0 Å². The maximum Gasteiger partial charge on any atom is 0.414 e. The second kappa shape index (κ2) is 7.92. The Hall–Kier alpha value is -0.700. The van der Waals surface area contributed by atoms with E-state index < -0.39 is 22.0 Å². The molecule has 79 valence electrons. The Labute approximate surface area is 75.4 Å². The molecule has 0 aromatic rings. The maximum absolute atomic E-state index is 10.2. The molecule has 0 rings (SSSR count). The SMILES string of the molecule is O=S(=O)(O)C(CO)CCO.O=[C]O. The molecule has 0 saturated carbocycles. The van der Waals surface area contributed by atoms with Crippen LogP contribution in [0.1, 0.15) is 6.42 Å². The van der Waals surface area contributed by atoms with Crippen LogP contribution >= 0.6 is 0 Å². The average molecular weight is 215 g/mol. The molecule has 1 unspecified atom stereocenters. The fraction of sp³-hybridized carbons (Fsp3) is 0.800. The number of hydrogen-bond donors (Lipinski definition) is 4. The van der Waals surface area contributed by atoms with Gasteiger partial charge in [-0.2, -0.15) is 8.42 Å². The number of rotatable bonds is 4. The summed E-state index contributed by atoms with van der Waals surface area (Å²) >= 11 is 0. The number of aliphatic hydroxyl groups is 2. The zero-order valence-corrected chi connectivity index (χ0v) is 7.44. The Morgan fingerprint density at radius 1 is 1.31 bits per heavy atom. The van der Waals surface area contributed by atoms with E-state index in [1.54, 1.807) is 0 Å². The first-order chi connectivity index (χ1) is 5.93. The van der Waals surface area contributed by atoms with Crippen molar-refractivity contribution in [2.24, 2.45) is 0 Å². The first-order valence-electron chi connectivity index (χ1n) is 3.13. The molecule has 0 spiro atoms. The lowest BCUT2D eigenvalue weighted by molar-refractivity contribution is 0.238. The third-order valence-electron chi connectivity index (χ3n) is 1.08. The summed E-state index contributed by atoms with van der Waals surface area (Å²) in [6.07, 6.45) is -0.144. The number of aliphatic hydroxyl groups excluding tert-OH is 3. The van der Waals surface area contributed by atoms with E-state index in [1.165, 1.54) is 0 Å². The van der Waals surface area contributed by atoms with Crippen LogP contribution in [0.4, 0.5) is 0 Å².